The van der Waals surface area contributed by atoms with Crippen LogP contribution in [0.25, 0.3) is 0 Å². The molecule has 0 bridgehead atoms. The third-order valence-electron chi connectivity index (χ3n) is 4.66. The summed E-state index contributed by atoms with van der Waals surface area (Å²) in [5.74, 6) is 3.47. The van der Waals surface area contributed by atoms with E-state index in [1.807, 2.05) is 11.8 Å². The lowest BCUT2D eigenvalue weighted by molar-refractivity contribution is 0.242. The van der Waals surface area contributed by atoms with Crippen LogP contribution in [0.15, 0.2) is 4.99 Å². The van der Waals surface area contributed by atoms with Crippen LogP contribution in [-0.2, 0) is 0 Å². The van der Waals surface area contributed by atoms with E-state index in [1.165, 1.54) is 61.6 Å². The Bertz CT molecular complexity index is 339. The van der Waals surface area contributed by atoms with Gasteiger partial charge in [-0.05, 0) is 37.4 Å². The van der Waals surface area contributed by atoms with Crippen LogP contribution in [0.1, 0.15) is 51.9 Å². The molecule has 2 aliphatic heterocycles. The van der Waals surface area contributed by atoms with E-state index < -0.39 is 0 Å². The van der Waals surface area contributed by atoms with Gasteiger partial charge >= 0.3 is 0 Å². The smallest absolute Gasteiger partial charge is 0.157 e. The van der Waals surface area contributed by atoms with Crippen molar-refractivity contribution in [3.63, 3.8) is 0 Å². The monoisotopic (exact) mass is 298 g/mol. The molecule has 0 aromatic heterocycles. The van der Waals surface area contributed by atoms with Gasteiger partial charge in [-0.2, -0.15) is 11.8 Å². The first-order chi connectivity index (χ1) is 9.26. The maximum Gasteiger partial charge on any atom is 0.157 e. The second-order valence-electron chi connectivity index (χ2n) is 6.53. The van der Waals surface area contributed by atoms with E-state index in [-0.39, 0.29) is 0 Å². The number of thioether (sulfide) groups is 2. The van der Waals surface area contributed by atoms with Crippen LogP contribution < -0.4 is 5.32 Å². The summed E-state index contributed by atoms with van der Waals surface area (Å²) < 4.78 is 0. The molecule has 3 rings (SSSR count). The van der Waals surface area contributed by atoms with Crippen molar-refractivity contribution in [2.75, 3.05) is 18.1 Å². The van der Waals surface area contributed by atoms with E-state index in [2.05, 4.69) is 24.0 Å². The third kappa shape index (κ3) is 3.63. The van der Waals surface area contributed by atoms with Crippen LogP contribution in [0.5, 0.6) is 0 Å². The van der Waals surface area contributed by atoms with Gasteiger partial charge in [0, 0.05) is 16.5 Å². The van der Waals surface area contributed by atoms with E-state index in [0.29, 0.717) is 5.54 Å². The van der Waals surface area contributed by atoms with Gasteiger partial charge in [0.05, 0.1) is 6.54 Å². The Morgan fingerprint density at radius 3 is 3.05 bits per heavy atom. The Kier molecular flexibility index (Phi) is 4.68. The minimum absolute atomic E-state index is 0.390. The van der Waals surface area contributed by atoms with Crippen molar-refractivity contribution in [2.45, 2.75) is 62.7 Å². The minimum Gasteiger partial charge on any atom is -0.359 e. The zero-order valence-corrected chi connectivity index (χ0v) is 13.6. The molecular weight excluding hydrogens is 272 g/mol. The first-order valence-electron chi connectivity index (χ1n) is 7.83. The molecule has 1 saturated carbocycles. The van der Waals surface area contributed by atoms with Gasteiger partial charge in [-0.3, -0.25) is 4.99 Å². The van der Waals surface area contributed by atoms with Gasteiger partial charge in [0.2, 0.25) is 0 Å². The highest BCUT2D eigenvalue weighted by molar-refractivity contribution is 8.14. The molecule has 19 heavy (non-hydrogen) atoms. The number of aliphatic imine (C=N–C) groups is 1. The van der Waals surface area contributed by atoms with Gasteiger partial charge in [-0.1, -0.05) is 37.9 Å². The van der Waals surface area contributed by atoms with Crippen LogP contribution in [0.2, 0.25) is 0 Å². The second-order valence-corrected chi connectivity index (χ2v) is 8.90. The summed E-state index contributed by atoms with van der Waals surface area (Å²) in [6.45, 7) is 3.44. The first kappa shape index (κ1) is 14.1. The fourth-order valence-corrected chi connectivity index (χ4v) is 6.05. The van der Waals surface area contributed by atoms with E-state index in [0.717, 1.165) is 17.7 Å². The lowest BCUT2D eigenvalue weighted by atomic mass is 9.78. The molecule has 0 amide bonds. The number of hydrogen-bond donors (Lipinski definition) is 1. The van der Waals surface area contributed by atoms with Crippen molar-refractivity contribution in [3.05, 3.63) is 0 Å². The quantitative estimate of drug-likeness (QED) is 0.836. The Morgan fingerprint density at radius 1 is 1.32 bits per heavy atom. The van der Waals surface area contributed by atoms with Gasteiger partial charge in [0.25, 0.3) is 0 Å². The van der Waals surface area contributed by atoms with Crippen molar-refractivity contribution in [1.82, 2.24) is 5.32 Å². The molecule has 4 heteroatoms. The molecule has 108 valence electrons. The summed E-state index contributed by atoms with van der Waals surface area (Å²) in [4.78, 5) is 4.87. The summed E-state index contributed by atoms with van der Waals surface area (Å²) in [5, 5.41) is 5.80. The summed E-state index contributed by atoms with van der Waals surface area (Å²) in [7, 11) is 0. The zero-order chi connectivity index (χ0) is 13.1. The van der Waals surface area contributed by atoms with Crippen molar-refractivity contribution < 1.29 is 0 Å². The Balaban J connectivity index is 1.53. The molecule has 2 heterocycles. The van der Waals surface area contributed by atoms with E-state index >= 15 is 0 Å². The van der Waals surface area contributed by atoms with E-state index in [4.69, 9.17) is 4.99 Å². The fraction of sp³-hybridized carbons (Fsp3) is 0.933. The van der Waals surface area contributed by atoms with Gasteiger partial charge in [-0.25, -0.2) is 0 Å². The van der Waals surface area contributed by atoms with Crippen LogP contribution in [-0.4, -0.2) is 34.0 Å². The van der Waals surface area contributed by atoms with Gasteiger partial charge in [0.1, 0.15) is 0 Å². The number of amidine groups is 1. The molecule has 3 atom stereocenters. The molecule has 3 aliphatic rings. The van der Waals surface area contributed by atoms with Crippen molar-refractivity contribution in [2.24, 2.45) is 10.9 Å². The molecule has 1 spiro atoms. The predicted octanol–water partition coefficient (Wildman–Crippen LogP) is 3.91. The third-order valence-corrected chi connectivity index (χ3v) is 7.24. The van der Waals surface area contributed by atoms with Gasteiger partial charge in [-0.15, -0.1) is 0 Å². The molecule has 1 N–H and O–H groups in total. The van der Waals surface area contributed by atoms with E-state index in [9.17, 15) is 0 Å². The summed E-state index contributed by atoms with van der Waals surface area (Å²) in [6.07, 6.45) is 9.68. The normalized spacial score (nSPS) is 41.6. The lowest BCUT2D eigenvalue weighted by Crippen LogP contribution is -2.47. The average Bonchev–Trinajstić information content (AvgIpc) is 2.80. The standard InChI is InChI=1S/C15H26N2S2/c1-12-5-4-7-15(9-12)11-19-14(17-15)16-10-13-6-2-3-8-18-13/h12-13H,2-11H2,1H3,(H,16,17). The molecule has 0 radical (unpaired) electrons. The van der Waals surface area contributed by atoms with Crippen LogP contribution in [0.3, 0.4) is 0 Å². The molecular formula is C15H26N2S2. The highest BCUT2D eigenvalue weighted by atomic mass is 32.2. The number of hydrogen-bond acceptors (Lipinski definition) is 3. The first-order valence-corrected chi connectivity index (χ1v) is 9.86. The van der Waals surface area contributed by atoms with Crippen molar-refractivity contribution in [1.29, 1.82) is 0 Å². The Morgan fingerprint density at radius 2 is 2.26 bits per heavy atom. The average molecular weight is 299 g/mol. The molecule has 3 unspecified atom stereocenters. The molecule has 2 nitrogen and oxygen atoms in total. The van der Waals surface area contributed by atoms with Gasteiger partial charge in [0.15, 0.2) is 5.17 Å². The maximum atomic E-state index is 4.87. The van der Waals surface area contributed by atoms with E-state index in [1.54, 1.807) is 0 Å². The maximum absolute atomic E-state index is 4.87. The molecule has 2 saturated heterocycles. The minimum atomic E-state index is 0.390. The van der Waals surface area contributed by atoms with Crippen molar-refractivity contribution >= 4 is 28.7 Å². The molecule has 3 fully saturated rings. The second kappa shape index (κ2) is 6.30. The SMILES string of the molecule is CC1CCCC2(CSC(=NCC3CCCCS3)N2)C1. The summed E-state index contributed by atoms with van der Waals surface area (Å²) in [5.41, 5.74) is 0.390. The largest absolute Gasteiger partial charge is 0.359 e. The zero-order valence-electron chi connectivity index (χ0n) is 12.0. The van der Waals surface area contributed by atoms with Crippen molar-refractivity contribution in [3.8, 4) is 0 Å². The summed E-state index contributed by atoms with van der Waals surface area (Å²) >= 11 is 4.10. The van der Waals surface area contributed by atoms with Crippen LogP contribution in [0, 0.1) is 5.92 Å². The number of rotatable bonds is 2. The summed E-state index contributed by atoms with van der Waals surface area (Å²) in [6, 6.07) is 0. The van der Waals surface area contributed by atoms with Crippen LogP contribution in [0.4, 0.5) is 0 Å². The number of nitrogens with zero attached hydrogens (tertiary/aromatic N) is 1. The highest BCUT2D eigenvalue weighted by Crippen LogP contribution is 2.38. The van der Waals surface area contributed by atoms with Gasteiger partial charge < -0.3 is 5.32 Å². The molecule has 0 aromatic rings. The van der Waals surface area contributed by atoms with Crippen LogP contribution >= 0.6 is 23.5 Å². The topological polar surface area (TPSA) is 24.4 Å². The highest BCUT2D eigenvalue weighted by Gasteiger charge is 2.40. The lowest BCUT2D eigenvalue weighted by Gasteiger charge is -2.36. The Labute approximate surface area is 126 Å². The molecule has 0 aromatic carbocycles. The number of nitrogens with one attached hydrogen (secondary N) is 1. The Hall–Kier alpha value is 0.170. The molecule has 1 aliphatic carbocycles. The fourth-order valence-electron chi connectivity index (χ4n) is 3.63. The predicted molar refractivity (Wildman–Crippen MR) is 88.4 cm³/mol.